The third-order valence-corrected chi connectivity index (χ3v) is 5.32. The molecule has 3 rings (SSSR count). The molecule has 1 unspecified atom stereocenters. The Labute approximate surface area is 163 Å². The highest BCUT2D eigenvalue weighted by Gasteiger charge is 2.20. The molecular weight excluding hydrogens is 383 g/mol. The molecule has 3 aromatic rings. The van der Waals surface area contributed by atoms with Gasteiger partial charge < -0.3 is 11.1 Å². The first-order chi connectivity index (χ1) is 13.5. The average Bonchev–Trinajstić information content (AvgIpc) is 3.32. The van der Waals surface area contributed by atoms with Crippen molar-refractivity contribution in [2.75, 3.05) is 11.9 Å². The first-order valence-corrected chi connectivity index (χ1v) is 9.27. The number of anilines is 1. The van der Waals surface area contributed by atoms with Crippen molar-refractivity contribution in [1.29, 1.82) is 0 Å². The number of amides is 1. The zero-order valence-electron chi connectivity index (χ0n) is 15.1. The summed E-state index contributed by atoms with van der Waals surface area (Å²) in [5, 5.41) is 8.78. The molecular formula is C18H19FN6O2S. The van der Waals surface area contributed by atoms with Crippen molar-refractivity contribution in [3.8, 4) is 10.4 Å². The normalized spacial score (nSPS) is 12.8. The summed E-state index contributed by atoms with van der Waals surface area (Å²) < 4.78 is 14.5. The molecule has 1 atom stereocenters. The smallest absolute Gasteiger partial charge is 0.327 e. The molecule has 3 aromatic heterocycles. The molecule has 0 radical (unpaired) electrons. The minimum absolute atomic E-state index is 0.0578. The number of hydrogen-bond acceptors (Lipinski definition) is 6. The summed E-state index contributed by atoms with van der Waals surface area (Å²) in [7, 11) is 0. The van der Waals surface area contributed by atoms with Crippen LogP contribution in [0.4, 0.5) is 10.2 Å². The second kappa shape index (κ2) is 8.72. The number of nitrogens with two attached hydrogens (primary N) is 1. The van der Waals surface area contributed by atoms with E-state index in [0.717, 1.165) is 15.3 Å². The Hall–Kier alpha value is -3.11. The maximum absolute atomic E-state index is 13.1. The van der Waals surface area contributed by atoms with Crippen molar-refractivity contribution in [1.82, 2.24) is 19.7 Å². The van der Waals surface area contributed by atoms with Crippen molar-refractivity contribution in [2.45, 2.75) is 19.4 Å². The Kier molecular flexibility index (Phi) is 6.12. The van der Waals surface area contributed by atoms with Crippen LogP contribution in [0.2, 0.25) is 0 Å². The number of carbonyl (C=O) groups excluding carboxylic acids is 1. The quantitative estimate of drug-likeness (QED) is 0.561. The van der Waals surface area contributed by atoms with Crippen LogP contribution in [0.1, 0.15) is 24.3 Å². The predicted molar refractivity (Wildman–Crippen MR) is 106 cm³/mol. The maximum atomic E-state index is 13.1. The standard InChI is InChI=1S/C18H19FN6O2S/c1-11(26)23-17-7-13(4-5-21-17)15-2-3-16(28-15)14(6-12(8-19)9-20)25-10-22-24-18(25)27/h2-5,7-8,10,14H,6,9,20H2,1H3,(H,24,27)(H,21,23,26)/b12-8-. The first kappa shape index (κ1) is 19.6. The lowest BCUT2D eigenvalue weighted by Crippen LogP contribution is -2.23. The van der Waals surface area contributed by atoms with Crippen molar-refractivity contribution < 1.29 is 9.18 Å². The molecule has 0 aliphatic rings. The number of pyridine rings is 1. The van der Waals surface area contributed by atoms with Gasteiger partial charge in [-0.2, -0.15) is 5.10 Å². The van der Waals surface area contributed by atoms with Gasteiger partial charge in [-0.15, -0.1) is 11.3 Å². The number of nitrogens with zero attached hydrogens (tertiary/aromatic N) is 3. The molecule has 3 heterocycles. The molecule has 0 aromatic carbocycles. The van der Waals surface area contributed by atoms with Crippen molar-refractivity contribution in [3.05, 3.63) is 64.1 Å². The minimum atomic E-state index is -0.438. The van der Waals surface area contributed by atoms with Crippen LogP contribution >= 0.6 is 11.3 Å². The zero-order chi connectivity index (χ0) is 20.1. The Bertz CT molecular complexity index is 1050. The van der Waals surface area contributed by atoms with E-state index in [1.54, 1.807) is 12.3 Å². The lowest BCUT2D eigenvalue weighted by molar-refractivity contribution is -0.114. The van der Waals surface area contributed by atoms with E-state index in [4.69, 9.17) is 5.73 Å². The number of H-pyrrole nitrogens is 1. The third-order valence-electron chi connectivity index (χ3n) is 4.09. The summed E-state index contributed by atoms with van der Waals surface area (Å²) in [6.45, 7) is 1.47. The largest absolute Gasteiger partial charge is 0.343 e. The highest BCUT2D eigenvalue weighted by Crippen LogP contribution is 2.35. The van der Waals surface area contributed by atoms with Gasteiger partial charge in [-0.3, -0.25) is 9.36 Å². The second-order valence-corrected chi connectivity index (χ2v) is 7.19. The summed E-state index contributed by atoms with van der Waals surface area (Å²) in [5.74, 6) is 0.247. The zero-order valence-corrected chi connectivity index (χ0v) is 15.9. The lowest BCUT2D eigenvalue weighted by Gasteiger charge is -2.16. The number of halogens is 1. The Morgan fingerprint density at radius 3 is 2.93 bits per heavy atom. The van der Waals surface area contributed by atoms with Crippen LogP contribution in [0.25, 0.3) is 10.4 Å². The summed E-state index contributed by atoms with van der Waals surface area (Å²) >= 11 is 1.46. The van der Waals surface area contributed by atoms with E-state index in [1.807, 2.05) is 18.2 Å². The molecule has 0 fully saturated rings. The fraction of sp³-hybridized carbons (Fsp3) is 0.222. The SMILES string of the molecule is CC(=O)Nc1cc(-c2ccc(C(C/C(=C/F)CN)n3cn[nH]c3=O)s2)ccn1. The van der Waals surface area contributed by atoms with Crippen molar-refractivity contribution in [3.63, 3.8) is 0 Å². The van der Waals surface area contributed by atoms with E-state index in [9.17, 15) is 14.0 Å². The van der Waals surface area contributed by atoms with Gasteiger partial charge in [0.2, 0.25) is 5.91 Å². The summed E-state index contributed by atoms with van der Waals surface area (Å²) in [6.07, 6.45) is 3.73. The van der Waals surface area contributed by atoms with E-state index in [-0.39, 0.29) is 24.6 Å². The molecule has 10 heteroatoms. The van der Waals surface area contributed by atoms with Crippen LogP contribution in [-0.4, -0.2) is 32.2 Å². The number of hydrogen-bond donors (Lipinski definition) is 3. The third kappa shape index (κ3) is 4.41. The average molecular weight is 402 g/mol. The van der Waals surface area contributed by atoms with Gasteiger partial charge in [0.25, 0.3) is 0 Å². The molecule has 0 spiro atoms. The Balaban J connectivity index is 1.96. The highest BCUT2D eigenvalue weighted by atomic mass is 32.1. The Morgan fingerprint density at radius 1 is 1.46 bits per heavy atom. The fourth-order valence-electron chi connectivity index (χ4n) is 2.75. The number of carbonyl (C=O) groups is 1. The molecule has 0 saturated heterocycles. The molecule has 4 N–H and O–H groups in total. The van der Waals surface area contributed by atoms with E-state index >= 15 is 0 Å². The predicted octanol–water partition coefficient (Wildman–Crippen LogP) is 2.44. The monoisotopic (exact) mass is 402 g/mol. The van der Waals surface area contributed by atoms with Gasteiger partial charge in [-0.05, 0) is 41.8 Å². The summed E-state index contributed by atoms with van der Waals surface area (Å²) in [5.41, 5.74) is 6.48. The highest BCUT2D eigenvalue weighted by molar-refractivity contribution is 7.15. The lowest BCUT2D eigenvalue weighted by atomic mass is 10.1. The maximum Gasteiger partial charge on any atom is 0.343 e. The molecule has 8 nitrogen and oxygen atoms in total. The van der Waals surface area contributed by atoms with Gasteiger partial charge in [0.05, 0.1) is 12.4 Å². The summed E-state index contributed by atoms with van der Waals surface area (Å²) in [6, 6.07) is 6.95. The first-order valence-electron chi connectivity index (χ1n) is 8.45. The van der Waals surface area contributed by atoms with Gasteiger partial charge in [0.1, 0.15) is 12.1 Å². The van der Waals surface area contributed by atoms with Gasteiger partial charge in [-0.1, -0.05) is 0 Å². The fourth-order valence-corrected chi connectivity index (χ4v) is 3.86. The topological polar surface area (TPSA) is 119 Å². The summed E-state index contributed by atoms with van der Waals surface area (Å²) in [4.78, 5) is 29.2. The minimum Gasteiger partial charge on any atom is -0.327 e. The number of rotatable bonds is 7. The van der Waals surface area contributed by atoms with Gasteiger partial charge in [-0.25, -0.2) is 19.3 Å². The van der Waals surface area contributed by atoms with E-state index in [2.05, 4.69) is 20.5 Å². The number of aromatic amines is 1. The van der Waals surface area contributed by atoms with Crippen LogP contribution in [0, 0.1) is 0 Å². The van der Waals surface area contributed by atoms with Gasteiger partial charge >= 0.3 is 5.69 Å². The molecule has 146 valence electrons. The molecule has 0 aliphatic carbocycles. The van der Waals surface area contributed by atoms with Gasteiger partial charge in [0, 0.05) is 29.4 Å². The second-order valence-electron chi connectivity index (χ2n) is 6.07. The van der Waals surface area contributed by atoms with Crippen LogP contribution in [-0.2, 0) is 4.79 Å². The molecule has 1 amide bonds. The number of nitrogens with one attached hydrogen (secondary N) is 2. The molecule has 28 heavy (non-hydrogen) atoms. The van der Waals surface area contributed by atoms with Crippen LogP contribution in [0.15, 0.2) is 53.5 Å². The molecule has 0 saturated carbocycles. The van der Waals surface area contributed by atoms with Crippen LogP contribution in [0.5, 0.6) is 0 Å². The van der Waals surface area contributed by atoms with Crippen molar-refractivity contribution >= 4 is 23.1 Å². The van der Waals surface area contributed by atoms with Crippen LogP contribution in [0.3, 0.4) is 0 Å². The van der Waals surface area contributed by atoms with Crippen molar-refractivity contribution in [2.24, 2.45) is 5.73 Å². The number of aromatic nitrogens is 4. The Morgan fingerprint density at radius 2 is 2.29 bits per heavy atom. The molecule has 0 aliphatic heterocycles. The van der Waals surface area contributed by atoms with E-state index < -0.39 is 6.04 Å². The number of thiophene rings is 1. The van der Waals surface area contributed by atoms with Crippen LogP contribution < -0.4 is 16.7 Å². The van der Waals surface area contributed by atoms with E-state index in [1.165, 1.54) is 29.2 Å². The molecule has 0 bridgehead atoms. The van der Waals surface area contributed by atoms with Gasteiger partial charge in [0.15, 0.2) is 0 Å². The van der Waals surface area contributed by atoms with E-state index in [0.29, 0.717) is 17.7 Å².